The molecule has 0 saturated heterocycles. The number of hydrogen-bond acceptors (Lipinski definition) is 4. The van der Waals surface area contributed by atoms with Gasteiger partial charge in [0.25, 0.3) is 0 Å². The first kappa shape index (κ1) is 16.7. The van der Waals surface area contributed by atoms with Crippen molar-refractivity contribution in [3.05, 3.63) is 47.3 Å². The van der Waals surface area contributed by atoms with Crippen LogP contribution in [0.3, 0.4) is 0 Å². The van der Waals surface area contributed by atoms with Gasteiger partial charge >= 0.3 is 0 Å². The van der Waals surface area contributed by atoms with Crippen molar-refractivity contribution in [1.29, 1.82) is 0 Å². The monoisotopic (exact) mass is 356 g/mol. The fraction of sp³-hybridized carbons (Fsp3) is 0.474. The number of aromatic nitrogens is 2. The molecule has 0 saturated carbocycles. The molecule has 0 radical (unpaired) electrons. The van der Waals surface area contributed by atoms with Gasteiger partial charge in [-0.05, 0) is 37.7 Å². The highest BCUT2D eigenvalue weighted by molar-refractivity contribution is 8.01. The molecule has 0 N–H and O–H groups in total. The number of hydrogen-bond donors (Lipinski definition) is 0. The van der Waals surface area contributed by atoms with Gasteiger partial charge in [-0.2, -0.15) is 5.10 Å². The van der Waals surface area contributed by atoms with Crippen molar-refractivity contribution in [3.8, 4) is 0 Å². The molecule has 0 fully saturated rings. The second kappa shape index (κ2) is 6.84. The fourth-order valence-electron chi connectivity index (χ4n) is 3.50. The molecule has 6 heteroatoms. The zero-order valence-electron chi connectivity index (χ0n) is 14.8. The molecule has 2 aromatic rings. The lowest BCUT2D eigenvalue weighted by Gasteiger charge is -2.29. The van der Waals surface area contributed by atoms with Crippen LogP contribution in [0.2, 0.25) is 0 Å². The van der Waals surface area contributed by atoms with Crippen LogP contribution in [0.5, 0.6) is 0 Å². The van der Waals surface area contributed by atoms with Gasteiger partial charge in [0, 0.05) is 18.0 Å². The first-order valence-corrected chi connectivity index (χ1v) is 9.79. The Hall–Kier alpha value is -1.79. The van der Waals surface area contributed by atoms with Gasteiger partial charge in [0.1, 0.15) is 0 Å². The van der Waals surface area contributed by atoms with Crippen molar-refractivity contribution in [2.75, 3.05) is 20.1 Å². The number of carbonyl (C=O) groups excluding carboxylic acids is 1. The van der Waals surface area contributed by atoms with E-state index in [1.54, 1.807) is 11.8 Å². The minimum atomic E-state index is 0.0255. The van der Waals surface area contributed by atoms with Gasteiger partial charge in [-0.1, -0.05) is 25.1 Å². The van der Waals surface area contributed by atoms with Gasteiger partial charge < -0.3 is 9.80 Å². The Bertz CT molecular complexity index is 762. The van der Waals surface area contributed by atoms with E-state index in [0.717, 1.165) is 44.0 Å². The van der Waals surface area contributed by atoms with Crippen LogP contribution in [0.15, 0.2) is 35.2 Å². The lowest BCUT2D eigenvalue weighted by molar-refractivity contribution is -0.132. The average molecular weight is 356 g/mol. The maximum absolute atomic E-state index is 13.0. The number of benzene rings is 1. The number of rotatable bonds is 4. The van der Waals surface area contributed by atoms with Gasteiger partial charge in [-0.15, -0.1) is 11.8 Å². The molecule has 132 valence electrons. The van der Waals surface area contributed by atoms with Crippen LogP contribution in [-0.2, 0) is 30.8 Å². The van der Waals surface area contributed by atoms with Crippen molar-refractivity contribution >= 4 is 17.7 Å². The summed E-state index contributed by atoms with van der Waals surface area (Å²) in [5, 5.41) is 4.72. The van der Waals surface area contributed by atoms with Crippen LogP contribution in [0, 0.1) is 0 Å². The number of nitrogens with zero attached hydrogens (tertiary/aromatic N) is 4. The lowest BCUT2D eigenvalue weighted by Crippen LogP contribution is -2.42. The van der Waals surface area contributed by atoms with E-state index < -0.39 is 0 Å². The standard InChI is InChI=1S/C19H24N4OS/c1-3-21(2)12-15-11-16-13-22(8-9-23(16)20-15)19(24)18-10-14-6-4-5-7-17(14)25-18/h4-7,11,18H,3,8-10,12-13H2,1-2H3. The molecule has 0 spiro atoms. The molecular formula is C19H24N4OS. The van der Waals surface area contributed by atoms with Crippen molar-refractivity contribution in [2.45, 2.75) is 43.1 Å². The highest BCUT2D eigenvalue weighted by Gasteiger charge is 2.33. The predicted molar refractivity (Wildman–Crippen MR) is 99.4 cm³/mol. The summed E-state index contributed by atoms with van der Waals surface area (Å²) in [6, 6.07) is 10.5. The van der Waals surface area contributed by atoms with Gasteiger partial charge in [0.2, 0.25) is 5.91 Å². The van der Waals surface area contributed by atoms with Gasteiger partial charge in [-0.3, -0.25) is 9.48 Å². The quantitative estimate of drug-likeness (QED) is 0.844. The Kier molecular flexibility index (Phi) is 4.56. The van der Waals surface area contributed by atoms with Gasteiger partial charge in [0.05, 0.1) is 29.7 Å². The largest absolute Gasteiger partial charge is 0.334 e. The van der Waals surface area contributed by atoms with E-state index in [-0.39, 0.29) is 11.2 Å². The van der Waals surface area contributed by atoms with E-state index in [1.807, 2.05) is 11.0 Å². The topological polar surface area (TPSA) is 41.4 Å². The first-order chi connectivity index (χ1) is 12.1. The van der Waals surface area contributed by atoms with E-state index in [4.69, 9.17) is 5.10 Å². The third-order valence-corrected chi connectivity index (χ3v) is 6.36. The molecular weight excluding hydrogens is 332 g/mol. The average Bonchev–Trinajstić information content (AvgIpc) is 3.23. The minimum Gasteiger partial charge on any atom is -0.334 e. The third-order valence-electron chi connectivity index (χ3n) is 5.05. The molecule has 1 atom stereocenters. The van der Waals surface area contributed by atoms with Crippen LogP contribution in [0.25, 0.3) is 0 Å². The maximum Gasteiger partial charge on any atom is 0.236 e. The van der Waals surface area contributed by atoms with Crippen LogP contribution in [0.1, 0.15) is 23.9 Å². The molecule has 1 amide bonds. The zero-order valence-corrected chi connectivity index (χ0v) is 15.6. The van der Waals surface area contributed by atoms with E-state index in [2.05, 4.69) is 47.8 Å². The Balaban J connectivity index is 1.43. The predicted octanol–water partition coefficient (Wildman–Crippen LogP) is 2.39. The van der Waals surface area contributed by atoms with Crippen molar-refractivity contribution in [3.63, 3.8) is 0 Å². The Labute approximate surface area is 153 Å². The first-order valence-electron chi connectivity index (χ1n) is 8.91. The second-order valence-electron chi connectivity index (χ2n) is 6.86. The number of amides is 1. The highest BCUT2D eigenvalue weighted by atomic mass is 32.2. The molecule has 0 aliphatic carbocycles. The van der Waals surface area contributed by atoms with Crippen LogP contribution in [-0.4, -0.2) is 50.9 Å². The van der Waals surface area contributed by atoms with Crippen molar-refractivity contribution in [1.82, 2.24) is 19.6 Å². The number of fused-ring (bicyclic) bond motifs is 2. The Morgan fingerprint density at radius 1 is 1.36 bits per heavy atom. The number of carbonyl (C=O) groups is 1. The SMILES string of the molecule is CCN(C)Cc1cc2n(n1)CCN(C(=O)C1Cc3ccccc3S1)C2. The summed E-state index contributed by atoms with van der Waals surface area (Å²) < 4.78 is 2.07. The molecule has 3 heterocycles. The molecule has 1 unspecified atom stereocenters. The minimum absolute atomic E-state index is 0.0255. The van der Waals surface area contributed by atoms with Crippen molar-refractivity contribution in [2.24, 2.45) is 0 Å². The van der Waals surface area contributed by atoms with Crippen molar-refractivity contribution < 1.29 is 4.79 Å². The summed E-state index contributed by atoms with van der Waals surface area (Å²) in [5.41, 5.74) is 3.55. The van der Waals surface area contributed by atoms with E-state index >= 15 is 0 Å². The summed E-state index contributed by atoms with van der Waals surface area (Å²) in [5.74, 6) is 0.265. The van der Waals surface area contributed by atoms with Crippen LogP contribution < -0.4 is 0 Å². The molecule has 0 bridgehead atoms. The Morgan fingerprint density at radius 2 is 2.20 bits per heavy atom. The molecule has 2 aliphatic rings. The highest BCUT2D eigenvalue weighted by Crippen LogP contribution is 2.38. The Morgan fingerprint density at radius 3 is 3.00 bits per heavy atom. The summed E-state index contributed by atoms with van der Waals surface area (Å²) in [7, 11) is 2.10. The fourth-order valence-corrected chi connectivity index (χ4v) is 4.78. The summed E-state index contributed by atoms with van der Waals surface area (Å²) in [6.07, 6.45) is 0.849. The molecule has 4 rings (SSSR count). The summed E-state index contributed by atoms with van der Waals surface area (Å²) in [6.45, 7) is 6.23. The molecule has 1 aromatic carbocycles. The zero-order chi connectivity index (χ0) is 17.4. The molecule has 25 heavy (non-hydrogen) atoms. The third kappa shape index (κ3) is 3.33. The summed E-state index contributed by atoms with van der Waals surface area (Å²) >= 11 is 1.72. The molecule has 1 aromatic heterocycles. The van der Waals surface area contributed by atoms with E-state index in [0.29, 0.717) is 6.54 Å². The molecule has 2 aliphatic heterocycles. The van der Waals surface area contributed by atoms with E-state index in [1.165, 1.54) is 10.5 Å². The number of thioether (sulfide) groups is 1. The smallest absolute Gasteiger partial charge is 0.236 e. The van der Waals surface area contributed by atoms with Gasteiger partial charge in [0.15, 0.2) is 0 Å². The van der Waals surface area contributed by atoms with E-state index in [9.17, 15) is 4.79 Å². The summed E-state index contributed by atoms with van der Waals surface area (Å²) in [4.78, 5) is 18.5. The van der Waals surface area contributed by atoms with Crippen LogP contribution >= 0.6 is 11.8 Å². The lowest BCUT2D eigenvalue weighted by atomic mass is 10.1. The second-order valence-corrected chi connectivity index (χ2v) is 8.10. The van der Waals surface area contributed by atoms with Crippen LogP contribution in [0.4, 0.5) is 0 Å². The normalized spacial score (nSPS) is 19.2. The molecule has 5 nitrogen and oxygen atoms in total. The van der Waals surface area contributed by atoms with Gasteiger partial charge in [-0.25, -0.2) is 0 Å². The maximum atomic E-state index is 13.0.